The monoisotopic (exact) mass is 1350 g/mol. The highest BCUT2D eigenvalue weighted by Gasteiger charge is 2.32. The summed E-state index contributed by atoms with van der Waals surface area (Å²) in [5.41, 5.74) is 31.1. The molecule has 15 aromatic carbocycles. The summed E-state index contributed by atoms with van der Waals surface area (Å²) in [5, 5.41) is 22.7. The molecule has 0 saturated heterocycles. The van der Waals surface area contributed by atoms with Crippen LogP contribution in [0.2, 0.25) is 0 Å². The maximum absolute atomic E-state index is 13.0. The highest BCUT2D eigenvalue weighted by molar-refractivity contribution is 6.15. The summed E-state index contributed by atoms with van der Waals surface area (Å²) in [6.07, 6.45) is 0. The van der Waals surface area contributed by atoms with Gasteiger partial charge in [0, 0.05) is 93.7 Å². The molecule has 5 heterocycles. The van der Waals surface area contributed by atoms with Gasteiger partial charge in [0.1, 0.15) is 6.07 Å². The van der Waals surface area contributed by atoms with Crippen molar-refractivity contribution in [3.63, 3.8) is 0 Å². The summed E-state index contributed by atoms with van der Waals surface area (Å²) in [6, 6.07) is 127. The molecule has 20 aromatic rings. The summed E-state index contributed by atoms with van der Waals surface area (Å²) in [4.78, 5) is 5.75. The third-order valence-corrected chi connectivity index (χ3v) is 21.9. The van der Waals surface area contributed by atoms with E-state index >= 15 is 0 Å². The van der Waals surface area contributed by atoms with E-state index in [-0.39, 0.29) is 0 Å². The standard InChI is InChI=1S/C100H68N6/c1-62-31-53-91-81(57-62)82-58-63(2)32-54-92(82)105(91)74-43-35-67(36-44-74)95-85(61-101)99(80-51-52-86(66-19-7-5-8-20-66)102-100(80)71-21-9-6-10-22-71)98(70-41-49-75(50-42-70)106-93-55-33-64(3)59-83(93)84-60-65(4)34-56-94(84)106)97(69-39-47-73(48-40-69)104-89-29-17-13-25-78(89)79-26-14-18-30-90(79)104)96(95)68-37-45-72(46-38-68)103-87-27-15-11-23-76(87)77-24-12-16-28-88(77)103/h5-60H,1-4H3. The van der Waals surface area contributed by atoms with E-state index in [0.29, 0.717) is 5.56 Å². The normalized spacial score (nSPS) is 11.8. The molecule has 0 bridgehead atoms. The van der Waals surface area contributed by atoms with E-state index in [1.54, 1.807) is 0 Å². The van der Waals surface area contributed by atoms with Crippen LogP contribution in [0.1, 0.15) is 27.8 Å². The zero-order chi connectivity index (χ0) is 70.8. The van der Waals surface area contributed by atoms with E-state index in [4.69, 9.17) is 4.98 Å². The van der Waals surface area contributed by atoms with E-state index in [0.717, 1.165) is 145 Å². The number of para-hydroxylation sites is 4. The van der Waals surface area contributed by atoms with Gasteiger partial charge in [-0.05, 0) is 200 Å². The van der Waals surface area contributed by atoms with Gasteiger partial charge in [-0.3, -0.25) is 0 Å². The van der Waals surface area contributed by atoms with Crippen molar-refractivity contribution in [1.82, 2.24) is 23.3 Å². The zero-order valence-electron chi connectivity index (χ0n) is 59.0. The lowest BCUT2D eigenvalue weighted by Crippen LogP contribution is -2.05. The number of fused-ring (bicyclic) bond motifs is 12. The Balaban J connectivity index is 0.923. The van der Waals surface area contributed by atoms with Gasteiger partial charge in [-0.25, -0.2) is 4.98 Å². The lowest BCUT2D eigenvalue weighted by Gasteiger charge is -2.27. The maximum atomic E-state index is 13.0. The fraction of sp³-hybridized carbons (Fsp3) is 0.0400. The Morgan fingerprint density at radius 1 is 0.236 bits per heavy atom. The number of nitriles is 1. The second-order valence-corrected chi connectivity index (χ2v) is 28.4. The Bertz CT molecular complexity index is 6780. The molecule has 5 aromatic heterocycles. The number of benzene rings is 15. The largest absolute Gasteiger partial charge is 0.309 e. The molecule has 0 atom stereocenters. The topological polar surface area (TPSA) is 56.4 Å². The van der Waals surface area contributed by atoms with Crippen LogP contribution in [0.15, 0.2) is 340 Å². The van der Waals surface area contributed by atoms with Crippen molar-refractivity contribution in [2.75, 3.05) is 0 Å². The van der Waals surface area contributed by atoms with E-state index in [2.05, 4.69) is 386 Å². The van der Waals surface area contributed by atoms with Crippen LogP contribution in [0.5, 0.6) is 0 Å². The molecule has 6 heteroatoms. The van der Waals surface area contributed by atoms with E-state index in [1.165, 1.54) is 65.3 Å². The Labute approximate surface area is 614 Å². The average molecular weight is 1350 g/mol. The van der Waals surface area contributed by atoms with Gasteiger partial charge in [-0.1, -0.05) is 229 Å². The molecule has 0 aliphatic carbocycles. The minimum Gasteiger partial charge on any atom is -0.309 e. The summed E-state index contributed by atoms with van der Waals surface area (Å²) in [6.45, 7) is 8.69. The maximum Gasteiger partial charge on any atom is 0.100 e. The number of hydrogen-bond acceptors (Lipinski definition) is 2. The molecular formula is C100H68N6. The Morgan fingerprint density at radius 2 is 0.519 bits per heavy atom. The number of aryl methyl sites for hydroxylation is 4. The van der Waals surface area contributed by atoms with Crippen LogP contribution >= 0.6 is 0 Å². The molecule has 0 spiro atoms. The van der Waals surface area contributed by atoms with Crippen molar-refractivity contribution in [1.29, 1.82) is 5.26 Å². The molecule has 0 unspecified atom stereocenters. The molecule has 6 nitrogen and oxygen atoms in total. The third kappa shape index (κ3) is 9.89. The lowest BCUT2D eigenvalue weighted by molar-refractivity contribution is 1.18. The van der Waals surface area contributed by atoms with Crippen molar-refractivity contribution in [3.05, 3.63) is 368 Å². The van der Waals surface area contributed by atoms with Crippen LogP contribution in [0.25, 0.3) is 188 Å². The van der Waals surface area contributed by atoms with E-state index < -0.39 is 0 Å². The molecule has 0 N–H and O–H groups in total. The number of hydrogen-bond donors (Lipinski definition) is 0. The molecule has 0 aliphatic heterocycles. The van der Waals surface area contributed by atoms with Gasteiger partial charge < -0.3 is 18.3 Å². The second-order valence-electron chi connectivity index (χ2n) is 28.4. The highest BCUT2D eigenvalue weighted by atomic mass is 15.0. The van der Waals surface area contributed by atoms with Gasteiger partial charge in [-0.2, -0.15) is 5.26 Å². The molecule has 106 heavy (non-hydrogen) atoms. The zero-order valence-corrected chi connectivity index (χ0v) is 59.0. The number of pyridine rings is 1. The van der Waals surface area contributed by atoms with Crippen LogP contribution in [-0.2, 0) is 0 Å². The fourth-order valence-corrected chi connectivity index (χ4v) is 17.1. The minimum atomic E-state index is 0.529. The number of nitrogens with zero attached hydrogens (tertiary/aromatic N) is 6. The van der Waals surface area contributed by atoms with Crippen LogP contribution < -0.4 is 0 Å². The number of rotatable bonds is 11. The molecular weight excluding hydrogens is 1290 g/mol. The van der Waals surface area contributed by atoms with Gasteiger partial charge in [0.15, 0.2) is 0 Å². The Hall–Kier alpha value is -13.9. The molecule has 0 aliphatic rings. The van der Waals surface area contributed by atoms with E-state index in [9.17, 15) is 5.26 Å². The lowest BCUT2D eigenvalue weighted by atomic mass is 9.75. The van der Waals surface area contributed by atoms with E-state index in [1.807, 2.05) is 6.07 Å². The van der Waals surface area contributed by atoms with Crippen LogP contribution in [0.4, 0.5) is 0 Å². The summed E-state index contributed by atoms with van der Waals surface area (Å²) in [5.74, 6) is 0. The predicted octanol–water partition coefficient (Wildman–Crippen LogP) is 26.2. The molecule has 0 fully saturated rings. The smallest absolute Gasteiger partial charge is 0.100 e. The first kappa shape index (κ1) is 62.0. The molecule has 498 valence electrons. The van der Waals surface area contributed by atoms with Gasteiger partial charge in [0.25, 0.3) is 0 Å². The Morgan fingerprint density at radius 3 is 0.858 bits per heavy atom. The molecule has 0 radical (unpaired) electrons. The van der Waals surface area contributed by atoms with Gasteiger partial charge in [-0.15, -0.1) is 0 Å². The average Bonchev–Trinajstić information content (AvgIpc) is 1.04. The van der Waals surface area contributed by atoms with Gasteiger partial charge in [0.2, 0.25) is 0 Å². The summed E-state index contributed by atoms with van der Waals surface area (Å²) >= 11 is 0. The third-order valence-electron chi connectivity index (χ3n) is 21.9. The van der Waals surface area contributed by atoms with Crippen LogP contribution in [0, 0.1) is 39.0 Å². The minimum absolute atomic E-state index is 0.529. The molecule has 0 saturated carbocycles. The SMILES string of the molecule is Cc1ccc2c(c1)c1cc(C)ccc1n2-c1ccc(-c2c(C#N)c(-c3ccc(-c4ccccc4)nc3-c3ccccc3)c(-c3ccc(-n4c5ccc(C)cc5c5cc(C)ccc54)cc3)c(-c3ccc(-n4c5ccccc5c5ccccc54)cc3)c2-c2ccc(-n3c4ccccc4c4ccccc43)cc2)cc1. The summed E-state index contributed by atoms with van der Waals surface area (Å²) in [7, 11) is 0. The first-order chi connectivity index (χ1) is 52.2. The van der Waals surface area contributed by atoms with Crippen molar-refractivity contribution < 1.29 is 0 Å². The first-order valence-corrected chi connectivity index (χ1v) is 36.4. The van der Waals surface area contributed by atoms with Crippen molar-refractivity contribution >= 4 is 87.2 Å². The predicted molar refractivity (Wildman–Crippen MR) is 443 cm³/mol. The Kier molecular flexibility index (Phi) is 14.4. The van der Waals surface area contributed by atoms with Crippen LogP contribution in [0.3, 0.4) is 0 Å². The quantitative estimate of drug-likeness (QED) is 0.130. The highest BCUT2D eigenvalue weighted by Crippen LogP contribution is 2.55. The first-order valence-electron chi connectivity index (χ1n) is 36.4. The van der Waals surface area contributed by atoms with Gasteiger partial charge in [0.05, 0.1) is 61.1 Å². The molecule has 20 rings (SSSR count). The second kappa shape index (κ2) is 24.7. The van der Waals surface area contributed by atoms with Crippen molar-refractivity contribution in [2.45, 2.75) is 27.7 Å². The summed E-state index contributed by atoms with van der Waals surface area (Å²) < 4.78 is 9.57. The van der Waals surface area contributed by atoms with Crippen LogP contribution in [-0.4, -0.2) is 23.3 Å². The fourth-order valence-electron chi connectivity index (χ4n) is 17.1. The van der Waals surface area contributed by atoms with Crippen molar-refractivity contribution in [2.24, 2.45) is 0 Å². The van der Waals surface area contributed by atoms with Gasteiger partial charge >= 0.3 is 0 Å². The molecule has 0 amide bonds. The number of aromatic nitrogens is 5. The van der Waals surface area contributed by atoms with Crippen molar-refractivity contribution in [3.8, 4) is 107 Å².